The van der Waals surface area contributed by atoms with Gasteiger partial charge in [-0.1, -0.05) is 48.6 Å². The van der Waals surface area contributed by atoms with Crippen LogP contribution in [-0.4, -0.2) is 0 Å². The van der Waals surface area contributed by atoms with Gasteiger partial charge in [-0.05, 0) is 70.7 Å². The quantitative estimate of drug-likeness (QED) is 0.600. The SMILES string of the molecule is Ic1cc(C2=CC=CCC2)cc(C2C=CC=CC2)c1. The first-order valence-electron chi connectivity index (χ1n) is 6.83. The van der Waals surface area contributed by atoms with Gasteiger partial charge in [-0.25, -0.2) is 0 Å². The fourth-order valence-electron chi connectivity index (χ4n) is 2.68. The summed E-state index contributed by atoms with van der Waals surface area (Å²) in [6.45, 7) is 0. The molecule has 0 radical (unpaired) electrons. The first-order chi connectivity index (χ1) is 9.33. The molecule has 2 aliphatic rings. The number of rotatable bonds is 2. The Balaban J connectivity index is 1.96. The van der Waals surface area contributed by atoms with Gasteiger partial charge in [-0.3, -0.25) is 0 Å². The van der Waals surface area contributed by atoms with Crippen LogP contribution < -0.4 is 0 Å². The molecule has 3 rings (SSSR count). The number of allylic oxidation sites excluding steroid dienone is 8. The number of hydrogen-bond acceptors (Lipinski definition) is 0. The normalized spacial score (nSPS) is 21.5. The first-order valence-corrected chi connectivity index (χ1v) is 7.91. The minimum absolute atomic E-state index is 0.540. The summed E-state index contributed by atoms with van der Waals surface area (Å²) in [6, 6.07) is 7.00. The minimum Gasteiger partial charge on any atom is -0.0842 e. The van der Waals surface area contributed by atoms with Gasteiger partial charge in [0.1, 0.15) is 0 Å². The van der Waals surface area contributed by atoms with Crippen LogP contribution in [0.15, 0.2) is 60.7 Å². The van der Waals surface area contributed by atoms with Crippen molar-refractivity contribution in [1.82, 2.24) is 0 Å². The summed E-state index contributed by atoms with van der Waals surface area (Å²) >= 11 is 2.44. The van der Waals surface area contributed by atoms with E-state index in [0.717, 1.165) is 12.8 Å². The molecule has 1 atom stereocenters. The number of halogens is 1. The molecule has 1 heteroatoms. The van der Waals surface area contributed by atoms with Gasteiger partial charge in [-0.15, -0.1) is 0 Å². The Morgan fingerprint density at radius 1 is 1.00 bits per heavy atom. The van der Waals surface area contributed by atoms with Crippen molar-refractivity contribution in [3.8, 4) is 0 Å². The first kappa shape index (κ1) is 12.9. The molecule has 0 bridgehead atoms. The number of benzene rings is 1. The standard InChI is InChI=1S/C18H17I/c19-18-12-16(14-7-3-1-4-8-14)11-17(13-18)15-9-5-2-6-10-15/h1-5,7,9,11-14H,6,8,10H2. The van der Waals surface area contributed by atoms with Gasteiger partial charge in [0.25, 0.3) is 0 Å². The Morgan fingerprint density at radius 3 is 2.68 bits per heavy atom. The molecule has 0 fully saturated rings. The molecule has 1 unspecified atom stereocenters. The van der Waals surface area contributed by atoms with Crippen LogP contribution in [0.2, 0.25) is 0 Å². The Kier molecular flexibility index (Phi) is 4.02. The molecule has 96 valence electrons. The Hall–Kier alpha value is -1.09. The van der Waals surface area contributed by atoms with Crippen molar-refractivity contribution in [1.29, 1.82) is 0 Å². The Labute approximate surface area is 128 Å². The van der Waals surface area contributed by atoms with Crippen LogP contribution >= 0.6 is 22.6 Å². The van der Waals surface area contributed by atoms with Crippen molar-refractivity contribution in [3.63, 3.8) is 0 Å². The highest BCUT2D eigenvalue weighted by atomic mass is 127. The van der Waals surface area contributed by atoms with Gasteiger partial charge in [0, 0.05) is 9.49 Å². The fraction of sp³-hybridized carbons (Fsp3) is 0.222. The van der Waals surface area contributed by atoms with E-state index in [2.05, 4.69) is 83.3 Å². The van der Waals surface area contributed by atoms with Crippen molar-refractivity contribution in [3.05, 3.63) is 75.4 Å². The molecular formula is C18H17I. The zero-order chi connectivity index (χ0) is 13.1. The zero-order valence-electron chi connectivity index (χ0n) is 10.9. The van der Waals surface area contributed by atoms with E-state index in [-0.39, 0.29) is 0 Å². The second-order valence-electron chi connectivity index (χ2n) is 5.09. The van der Waals surface area contributed by atoms with Gasteiger partial charge in [0.2, 0.25) is 0 Å². The van der Waals surface area contributed by atoms with Crippen LogP contribution in [0.1, 0.15) is 36.3 Å². The highest BCUT2D eigenvalue weighted by molar-refractivity contribution is 14.1. The van der Waals surface area contributed by atoms with Crippen molar-refractivity contribution >= 4 is 28.2 Å². The summed E-state index contributed by atoms with van der Waals surface area (Å²) < 4.78 is 1.34. The maximum absolute atomic E-state index is 2.44. The summed E-state index contributed by atoms with van der Waals surface area (Å²) in [5.74, 6) is 0.540. The minimum atomic E-state index is 0.540. The predicted octanol–water partition coefficient (Wildman–Crippen LogP) is 5.62. The van der Waals surface area contributed by atoms with E-state index in [1.165, 1.54) is 26.7 Å². The van der Waals surface area contributed by atoms with Crippen LogP contribution in [0.25, 0.3) is 5.57 Å². The Morgan fingerprint density at radius 2 is 1.95 bits per heavy atom. The third-order valence-corrected chi connectivity index (χ3v) is 4.34. The maximum atomic E-state index is 2.44. The third kappa shape index (κ3) is 3.08. The molecule has 0 aliphatic heterocycles. The van der Waals surface area contributed by atoms with Gasteiger partial charge in [0.15, 0.2) is 0 Å². The van der Waals surface area contributed by atoms with Crippen molar-refractivity contribution in [2.24, 2.45) is 0 Å². The second kappa shape index (κ2) is 5.91. The van der Waals surface area contributed by atoms with Crippen LogP contribution in [0.4, 0.5) is 0 Å². The van der Waals surface area contributed by atoms with E-state index in [9.17, 15) is 0 Å². The summed E-state index contributed by atoms with van der Waals surface area (Å²) in [6.07, 6.45) is 19.0. The van der Waals surface area contributed by atoms with E-state index >= 15 is 0 Å². The summed E-state index contributed by atoms with van der Waals surface area (Å²) in [5, 5.41) is 0. The van der Waals surface area contributed by atoms with E-state index in [1.807, 2.05) is 0 Å². The molecule has 2 aliphatic carbocycles. The third-order valence-electron chi connectivity index (χ3n) is 3.71. The molecule has 0 N–H and O–H groups in total. The van der Waals surface area contributed by atoms with E-state index < -0.39 is 0 Å². The molecule has 1 aromatic rings. The molecule has 0 nitrogen and oxygen atoms in total. The molecule has 0 spiro atoms. The molecular weight excluding hydrogens is 343 g/mol. The van der Waals surface area contributed by atoms with Crippen molar-refractivity contribution < 1.29 is 0 Å². The summed E-state index contributed by atoms with van der Waals surface area (Å²) in [5.41, 5.74) is 4.31. The molecule has 0 heterocycles. The van der Waals surface area contributed by atoms with Crippen molar-refractivity contribution in [2.75, 3.05) is 0 Å². The second-order valence-corrected chi connectivity index (χ2v) is 6.33. The summed E-state index contributed by atoms with van der Waals surface area (Å²) in [4.78, 5) is 0. The lowest BCUT2D eigenvalue weighted by Crippen LogP contribution is -1.99. The Bertz CT molecular complexity index is 588. The largest absolute Gasteiger partial charge is 0.0842 e. The van der Waals surface area contributed by atoms with E-state index in [0.29, 0.717) is 5.92 Å². The van der Waals surface area contributed by atoms with E-state index in [4.69, 9.17) is 0 Å². The zero-order valence-corrected chi connectivity index (χ0v) is 13.0. The maximum Gasteiger partial charge on any atom is 0.0139 e. The summed E-state index contributed by atoms with van der Waals surface area (Å²) in [7, 11) is 0. The van der Waals surface area contributed by atoms with Gasteiger partial charge >= 0.3 is 0 Å². The van der Waals surface area contributed by atoms with Crippen LogP contribution in [-0.2, 0) is 0 Å². The molecule has 0 amide bonds. The number of hydrogen-bond donors (Lipinski definition) is 0. The lowest BCUT2D eigenvalue weighted by Gasteiger charge is -2.17. The highest BCUT2D eigenvalue weighted by Crippen LogP contribution is 2.31. The van der Waals surface area contributed by atoms with Crippen LogP contribution in [0.3, 0.4) is 0 Å². The molecule has 0 saturated heterocycles. The monoisotopic (exact) mass is 360 g/mol. The van der Waals surface area contributed by atoms with Crippen LogP contribution in [0, 0.1) is 3.57 Å². The van der Waals surface area contributed by atoms with E-state index in [1.54, 1.807) is 0 Å². The predicted molar refractivity (Wildman–Crippen MR) is 91.1 cm³/mol. The van der Waals surface area contributed by atoms with Gasteiger partial charge < -0.3 is 0 Å². The highest BCUT2D eigenvalue weighted by Gasteiger charge is 2.12. The fourth-order valence-corrected chi connectivity index (χ4v) is 3.38. The topological polar surface area (TPSA) is 0 Å². The molecule has 0 aromatic heterocycles. The molecule has 19 heavy (non-hydrogen) atoms. The van der Waals surface area contributed by atoms with Crippen molar-refractivity contribution in [2.45, 2.75) is 25.2 Å². The molecule has 0 saturated carbocycles. The average molecular weight is 360 g/mol. The molecule has 1 aromatic carbocycles. The lowest BCUT2D eigenvalue weighted by atomic mass is 9.89. The van der Waals surface area contributed by atoms with Crippen LogP contribution in [0.5, 0.6) is 0 Å². The van der Waals surface area contributed by atoms with Gasteiger partial charge in [-0.2, -0.15) is 0 Å². The average Bonchev–Trinajstić information content (AvgIpc) is 2.48. The van der Waals surface area contributed by atoms with Gasteiger partial charge in [0.05, 0.1) is 0 Å². The smallest absolute Gasteiger partial charge is 0.0139 e. The lowest BCUT2D eigenvalue weighted by molar-refractivity contribution is 0.852.